The third kappa shape index (κ3) is 7.73. The van der Waals surface area contributed by atoms with Crippen molar-refractivity contribution in [3.05, 3.63) is 59.7 Å². The molecule has 0 aromatic heterocycles. The molecule has 1 heterocycles. The van der Waals surface area contributed by atoms with Gasteiger partial charge >= 0.3 is 18.0 Å². The van der Waals surface area contributed by atoms with E-state index in [0.717, 1.165) is 5.56 Å². The Morgan fingerprint density at radius 2 is 1.83 bits per heavy atom. The van der Waals surface area contributed by atoms with E-state index in [1.807, 2.05) is 30.3 Å². The van der Waals surface area contributed by atoms with Crippen LogP contribution in [0.2, 0.25) is 0 Å². The average molecular weight is 485 g/mol. The highest BCUT2D eigenvalue weighted by molar-refractivity contribution is 5.99. The highest BCUT2D eigenvalue weighted by Crippen LogP contribution is 2.31. The minimum absolute atomic E-state index is 0.0330. The number of hydrogen-bond donors (Lipinski definition) is 3. The van der Waals surface area contributed by atoms with E-state index in [1.54, 1.807) is 39.0 Å². The predicted molar refractivity (Wildman–Crippen MR) is 125 cm³/mol. The Morgan fingerprint density at radius 3 is 2.49 bits per heavy atom. The molecule has 186 valence electrons. The maximum Gasteiger partial charge on any atom is 0.408 e. The van der Waals surface area contributed by atoms with Crippen LogP contribution in [-0.2, 0) is 36.9 Å². The number of alkyl carbamates (subject to hydrolysis) is 1. The molecule has 1 aliphatic heterocycles. The van der Waals surface area contributed by atoms with Crippen molar-refractivity contribution in [1.82, 2.24) is 5.32 Å². The second-order valence-electron chi connectivity index (χ2n) is 9.02. The fourth-order valence-electron chi connectivity index (χ4n) is 3.33. The molecule has 0 bridgehead atoms. The molecular weight excluding hydrogens is 456 g/mol. The van der Waals surface area contributed by atoms with Gasteiger partial charge in [-0.1, -0.05) is 36.4 Å². The monoisotopic (exact) mass is 484 g/mol. The highest BCUT2D eigenvalue weighted by Gasteiger charge is 2.31. The zero-order valence-corrected chi connectivity index (χ0v) is 19.7. The molecule has 3 N–H and O–H groups in total. The molecule has 2 amide bonds. The number of carbonyl (C=O) groups excluding carboxylic acids is 3. The van der Waals surface area contributed by atoms with Crippen molar-refractivity contribution >= 4 is 29.6 Å². The zero-order chi connectivity index (χ0) is 25.6. The molecule has 0 saturated heterocycles. The SMILES string of the molecule is CC(C)(C)OC(=O)N[C@@H](Cc1ccc2c(c1)NC(=O)C(CC(=O)O)O2)C(=O)OCc1ccccc1. The summed E-state index contributed by atoms with van der Waals surface area (Å²) in [6.07, 6.45) is -2.33. The smallest absolute Gasteiger partial charge is 0.408 e. The van der Waals surface area contributed by atoms with Crippen molar-refractivity contribution < 1.29 is 38.5 Å². The molecule has 0 spiro atoms. The molecule has 0 aliphatic carbocycles. The van der Waals surface area contributed by atoms with Gasteiger partial charge in [0.15, 0.2) is 6.10 Å². The van der Waals surface area contributed by atoms with Gasteiger partial charge in [0.25, 0.3) is 5.91 Å². The van der Waals surface area contributed by atoms with Gasteiger partial charge in [-0.25, -0.2) is 9.59 Å². The van der Waals surface area contributed by atoms with Gasteiger partial charge in [-0.05, 0) is 44.0 Å². The Kier molecular flexibility index (Phi) is 7.95. The summed E-state index contributed by atoms with van der Waals surface area (Å²) in [7, 11) is 0. The first-order chi connectivity index (χ1) is 16.5. The summed E-state index contributed by atoms with van der Waals surface area (Å²) in [4.78, 5) is 48.4. The normalized spacial score (nSPS) is 15.6. The van der Waals surface area contributed by atoms with Crippen molar-refractivity contribution in [1.29, 1.82) is 0 Å². The highest BCUT2D eigenvalue weighted by atomic mass is 16.6. The Hall–Kier alpha value is -4.08. The fourth-order valence-corrected chi connectivity index (χ4v) is 3.33. The molecule has 2 aromatic rings. The molecule has 0 fully saturated rings. The maximum atomic E-state index is 12.9. The summed E-state index contributed by atoms with van der Waals surface area (Å²) in [5.41, 5.74) is 0.967. The number of aliphatic carboxylic acids is 1. The molecule has 0 radical (unpaired) electrons. The molecule has 1 aliphatic rings. The number of fused-ring (bicyclic) bond motifs is 1. The van der Waals surface area contributed by atoms with Crippen LogP contribution < -0.4 is 15.4 Å². The lowest BCUT2D eigenvalue weighted by atomic mass is 10.0. The molecule has 10 heteroatoms. The van der Waals surface area contributed by atoms with Gasteiger partial charge < -0.3 is 30.0 Å². The van der Waals surface area contributed by atoms with Crippen LogP contribution in [0.3, 0.4) is 0 Å². The van der Waals surface area contributed by atoms with Gasteiger partial charge in [0.05, 0.1) is 12.1 Å². The number of nitrogens with one attached hydrogen (secondary N) is 2. The van der Waals surface area contributed by atoms with Crippen LogP contribution in [0, 0.1) is 0 Å². The van der Waals surface area contributed by atoms with E-state index >= 15 is 0 Å². The minimum Gasteiger partial charge on any atom is -0.481 e. The lowest BCUT2D eigenvalue weighted by molar-refractivity contribution is -0.147. The first kappa shape index (κ1) is 25.5. The zero-order valence-electron chi connectivity index (χ0n) is 19.7. The maximum absolute atomic E-state index is 12.9. The van der Waals surface area contributed by atoms with Gasteiger partial charge in [-0.3, -0.25) is 9.59 Å². The molecule has 35 heavy (non-hydrogen) atoms. The number of carboxylic acids is 1. The third-order valence-electron chi connectivity index (χ3n) is 4.86. The first-order valence-electron chi connectivity index (χ1n) is 11.0. The first-order valence-corrected chi connectivity index (χ1v) is 11.0. The summed E-state index contributed by atoms with van der Waals surface area (Å²) in [6, 6.07) is 12.9. The van der Waals surface area contributed by atoms with E-state index in [0.29, 0.717) is 17.0 Å². The van der Waals surface area contributed by atoms with Crippen molar-refractivity contribution in [2.45, 2.75) is 58.0 Å². The van der Waals surface area contributed by atoms with Crippen molar-refractivity contribution in [2.24, 2.45) is 0 Å². The number of benzene rings is 2. The molecule has 1 unspecified atom stereocenters. The molecule has 10 nitrogen and oxygen atoms in total. The Bertz CT molecular complexity index is 1090. The van der Waals surface area contributed by atoms with Crippen LogP contribution in [0.25, 0.3) is 0 Å². The largest absolute Gasteiger partial charge is 0.481 e. The van der Waals surface area contributed by atoms with Gasteiger partial charge in [-0.15, -0.1) is 0 Å². The second-order valence-corrected chi connectivity index (χ2v) is 9.02. The number of rotatable bonds is 8. The van der Waals surface area contributed by atoms with Crippen LogP contribution in [0.4, 0.5) is 10.5 Å². The number of hydrogen-bond acceptors (Lipinski definition) is 7. The van der Waals surface area contributed by atoms with E-state index in [1.165, 1.54) is 0 Å². The van der Waals surface area contributed by atoms with Crippen LogP contribution in [0.15, 0.2) is 48.5 Å². The number of carbonyl (C=O) groups is 4. The number of esters is 1. The van der Waals surface area contributed by atoms with E-state index in [-0.39, 0.29) is 13.0 Å². The molecule has 2 atom stereocenters. The van der Waals surface area contributed by atoms with E-state index in [4.69, 9.17) is 19.3 Å². The summed E-state index contributed by atoms with van der Waals surface area (Å²) in [5.74, 6) is -2.08. The van der Waals surface area contributed by atoms with Crippen LogP contribution in [-0.4, -0.2) is 46.8 Å². The number of carboxylic acid groups (broad SMARTS) is 1. The van der Waals surface area contributed by atoms with Crippen molar-refractivity contribution in [3.8, 4) is 5.75 Å². The van der Waals surface area contributed by atoms with Crippen LogP contribution in [0.5, 0.6) is 5.75 Å². The van der Waals surface area contributed by atoms with Crippen molar-refractivity contribution in [2.75, 3.05) is 5.32 Å². The topological polar surface area (TPSA) is 140 Å². The summed E-state index contributed by atoms with van der Waals surface area (Å²) in [5, 5.41) is 14.1. The Morgan fingerprint density at radius 1 is 1.11 bits per heavy atom. The van der Waals surface area contributed by atoms with Crippen LogP contribution >= 0.6 is 0 Å². The lowest BCUT2D eigenvalue weighted by Crippen LogP contribution is -2.45. The van der Waals surface area contributed by atoms with Gasteiger partial charge in [-0.2, -0.15) is 0 Å². The summed E-state index contributed by atoms with van der Waals surface area (Å²) >= 11 is 0. The standard InChI is InChI=1S/C25H28N2O8/c1-25(2,3)35-24(32)27-18(23(31)33-14-15-7-5-4-6-8-15)12-16-9-10-19-17(11-16)26-22(30)20(34-19)13-21(28)29/h4-11,18,20H,12-14H2,1-3H3,(H,26,30)(H,27,32)(H,28,29)/t18-,20?/m0/s1. The fraction of sp³-hybridized carbons (Fsp3) is 0.360. The summed E-state index contributed by atoms with van der Waals surface area (Å²) < 4.78 is 16.2. The molecular formula is C25H28N2O8. The lowest BCUT2D eigenvalue weighted by Gasteiger charge is -2.26. The number of amides is 2. The summed E-state index contributed by atoms with van der Waals surface area (Å²) in [6.45, 7) is 5.16. The molecule has 0 saturated carbocycles. The van der Waals surface area contributed by atoms with Gasteiger partial charge in [0, 0.05) is 6.42 Å². The molecule has 3 rings (SSSR count). The predicted octanol–water partition coefficient (Wildman–Crippen LogP) is 3.04. The molecule has 2 aromatic carbocycles. The number of ether oxygens (including phenoxy) is 3. The third-order valence-corrected chi connectivity index (χ3v) is 4.86. The van der Waals surface area contributed by atoms with Gasteiger partial charge in [0.2, 0.25) is 0 Å². The van der Waals surface area contributed by atoms with E-state index in [9.17, 15) is 19.2 Å². The second kappa shape index (κ2) is 10.9. The van der Waals surface area contributed by atoms with Gasteiger partial charge in [0.1, 0.15) is 24.0 Å². The van der Waals surface area contributed by atoms with E-state index < -0.39 is 48.1 Å². The van der Waals surface area contributed by atoms with Crippen LogP contribution in [0.1, 0.15) is 38.3 Å². The Labute approximate surface area is 202 Å². The average Bonchev–Trinajstić information content (AvgIpc) is 2.77. The van der Waals surface area contributed by atoms with E-state index in [2.05, 4.69) is 10.6 Å². The number of anilines is 1. The minimum atomic E-state index is -1.16. The quantitative estimate of drug-likeness (QED) is 0.486. The van der Waals surface area contributed by atoms with Crippen molar-refractivity contribution in [3.63, 3.8) is 0 Å². The Balaban J connectivity index is 1.74.